The molecule has 0 amide bonds. The van der Waals surface area contributed by atoms with E-state index in [1.54, 1.807) is 0 Å². The van der Waals surface area contributed by atoms with Crippen molar-refractivity contribution in [3.8, 4) is 0 Å². The zero-order valence-electron chi connectivity index (χ0n) is 5.69. The van der Waals surface area contributed by atoms with Crippen LogP contribution < -0.4 is 0 Å². The molecule has 10 heavy (non-hydrogen) atoms. The maximum absolute atomic E-state index is 10.7. The normalized spacial score (nSPS) is 15.2. The zero-order chi connectivity index (χ0) is 8.20. The lowest BCUT2D eigenvalue weighted by molar-refractivity contribution is 0.590. The quantitative estimate of drug-likeness (QED) is 0.519. The van der Waals surface area contributed by atoms with E-state index in [4.69, 9.17) is 34.1 Å². The minimum atomic E-state index is -2.94. The molecular formula is C5H10Cl3OP. The van der Waals surface area contributed by atoms with Crippen LogP contribution in [0.5, 0.6) is 0 Å². The topological polar surface area (TPSA) is 17.1 Å². The van der Waals surface area contributed by atoms with Crippen LogP contribution in [0.15, 0.2) is 0 Å². The molecule has 0 aromatic carbocycles. The molecule has 1 atom stereocenters. The van der Waals surface area contributed by atoms with Crippen LogP contribution in [-0.2, 0) is 4.57 Å². The Morgan fingerprint density at radius 3 is 2.30 bits per heavy atom. The van der Waals surface area contributed by atoms with Gasteiger partial charge in [0.1, 0.15) is 0 Å². The second-order valence-electron chi connectivity index (χ2n) is 2.14. The molecule has 0 bridgehead atoms. The molecule has 0 fully saturated rings. The van der Waals surface area contributed by atoms with Crippen LogP contribution in [0, 0.1) is 0 Å². The Labute approximate surface area is 76.0 Å². The first-order valence-corrected chi connectivity index (χ1v) is 7.22. The van der Waals surface area contributed by atoms with Crippen molar-refractivity contribution in [3.05, 3.63) is 0 Å². The third-order valence-electron chi connectivity index (χ3n) is 1.01. The van der Waals surface area contributed by atoms with Gasteiger partial charge in [0.2, 0.25) is 0 Å². The van der Waals surface area contributed by atoms with Gasteiger partial charge in [-0.25, -0.2) is 0 Å². The van der Waals surface area contributed by atoms with Crippen molar-refractivity contribution in [1.82, 2.24) is 0 Å². The van der Waals surface area contributed by atoms with E-state index < -0.39 is 5.85 Å². The van der Waals surface area contributed by atoms with E-state index in [-0.39, 0.29) is 11.5 Å². The van der Waals surface area contributed by atoms with Crippen molar-refractivity contribution in [2.75, 3.05) is 6.16 Å². The van der Waals surface area contributed by atoms with Crippen LogP contribution in [0.25, 0.3) is 0 Å². The van der Waals surface area contributed by atoms with Gasteiger partial charge in [0.15, 0.2) is 0 Å². The molecule has 0 rings (SSSR count). The summed E-state index contributed by atoms with van der Waals surface area (Å²) in [5, 5.41) is -0.147. The molecule has 0 heterocycles. The van der Waals surface area contributed by atoms with Gasteiger partial charge in [-0.2, -0.15) is 0 Å². The first kappa shape index (κ1) is 11.1. The monoisotopic (exact) mass is 222 g/mol. The molecule has 0 radical (unpaired) electrons. The summed E-state index contributed by atoms with van der Waals surface area (Å²) in [5.74, 6) is -2.94. The first-order valence-electron chi connectivity index (χ1n) is 3.08. The van der Waals surface area contributed by atoms with Crippen LogP contribution in [-0.4, -0.2) is 11.5 Å². The summed E-state index contributed by atoms with van der Waals surface area (Å²) < 4.78 is 10.7. The fourth-order valence-electron chi connectivity index (χ4n) is 0.635. The molecule has 0 aliphatic carbocycles. The minimum Gasteiger partial charge on any atom is -0.289 e. The van der Waals surface area contributed by atoms with Crippen LogP contribution in [0.3, 0.4) is 0 Å². The Morgan fingerprint density at radius 1 is 1.50 bits per heavy atom. The zero-order valence-corrected chi connectivity index (χ0v) is 8.85. The maximum Gasteiger partial charge on any atom is 0.254 e. The third kappa shape index (κ3) is 7.21. The van der Waals surface area contributed by atoms with Gasteiger partial charge in [-0.05, 0) is 28.9 Å². The van der Waals surface area contributed by atoms with Crippen molar-refractivity contribution in [1.29, 1.82) is 0 Å². The molecule has 62 valence electrons. The van der Waals surface area contributed by atoms with E-state index >= 15 is 0 Å². The van der Waals surface area contributed by atoms with Gasteiger partial charge in [-0.3, -0.25) is 4.57 Å². The molecule has 0 aliphatic rings. The van der Waals surface area contributed by atoms with Gasteiger partial charge >= 0.3 is 0 Å². The van der Waals surface area contributed by atoms with Gasteiger partial charge in [0.05, 0.1) is 0 Å². The van der Waals surface area contributed by atoms with Gasteiger partial charge in [0, 0.05) is 11.5 Å². The fourth-order valence-corrected chi connectivity index (χ4v) is 3.50. The highest BCUT2D eigenvalue weighted by atomic mass is 35.9. The first-order chi connectivity index (χ1) is 4.45. The highest BCUT2D eigenvalue weighted by Gasteiger charge is 2.18. The van der Waals surface area contributed by atoms with E-state index in [1.807, 2.05) is 6.92 Å². The summed E-state index contributed by atoms with van der Waals surface area (Å²) in [6.45, 7) is 2.00. The molecule has 0 N–H and O–H groups in total. The minimum absolute atomic E-state index is 0.147. The van der Waals surface area contributed by atoms with Crippen LogP contribution in [0.1, 0.15) is 19.8 Å². The van der Waals surface area contributed by atoms with E-state index in [2.05, 4.69) is 0 Å². The molecule has 0 saturated carbocycles. The highest BCUT2D eigenvalue weighted by Crippen LogP contribution is 2.57. The van der Waals surface area contributed by atoms with Gasteiger partial charge in [-0.1, -0.05) is 13.3 Å². The predicted molar refractivity (Wildman–Crippen MR) is 48.7 cm³/mol. The smallest absolute Gasteiger partial charge is 0.254 e. The summed E-state index contributed by atoms with van der Waals surface area (Å²) in [6.07, 6.45) is 1.98. The molecule has 0 aromatic rings. The predicted octanol–water partition coefficient (Wildman–Crippen LogP) is 4.06. The molecule has 0 spiro atoms. The average Bonchev–Trinajstić information content (AvgIpc) is 1.59. The fraction of sp³-hybridized carbons (Fsp3) is 1.00. The Kier molecular flexibility index (Phi) is 5.41. The van der Waals surface area contributed by atoms with Gasteiger partial charge in [-0.15, -0.1) is 11.6 Å². The van der Waals surface area contributed by atoms with Crippen molar-refractivity contribution < 1.29 is 4.57 Å². The number of alkyl halides is 1. The second kappa shape index (κ2) is 4.87. The van der Waals surface area contributed by atoms with E-state index in [9.17, 15) is 4.57 Å². The molecule has 0 saturated heterocycles. The van der Waals surface area contributed by atoms with E-state index in [0.717, 1.165) is 12.8 Å². The summed E-state index contributed by atoms with van der Waals surface area (Å²) in [6, 6.07) is 0. The van der Waals surface area contributed by atoms with Crippen molar-refractivity contribution in [3.63, 3.8) is 0 Å². The maximum atomic E-state index is 10.7. The number of rotatable bonds is 4. The molecule has 1 nitrogen and oxygen atoms in total. The third-order valence-corrected chi connectivity index (χ3v) is 3.29. The van der Waals surface area contributed by atoms with Crippen LogP contribution in [0.2, 0.25) is 0 Å². The summed E-state index contributed by atoms with van der Waals surface area (Å²) in [5.41, 5.74) is 0. The number of hydrogen-bond acceptors (Lipinski definition) is 1. The molecule has 5 heteroatoms. The van der Waals surface area contributed by atoms with E-state index in [1.165, 1.54) is 0 Å². The SMILES string of the molecule is CCCC(Cl)CP(=O)(Cl)Cl. The average molecular weight is 223 g/mol. The van der Waals surface area contributed by atoms with Crippen molar-refractivity contribution in [2.24, 2.45) is 0 Å². The van der Waals surface area contributed by atoms with Gasteiger partial charge in [0.25, 0.3) is 5.85 Å². The summed E-state index contributed by atoms with van der Waals surface area (Å²) >= 11 is 16.3. The molecule has 0 aliphatic heterocycles. The largest absolute Gasteiger partial charge is 0.289 e. The number of hydrogen-bond donors (Lipinski definition) is 0. The molecule has 0 aromatic heterocycles. The highest BCUT2D eigenvalue weighted by molar-refractivity contribution is 8.08. The lowest BCUT2D eigenvalue weighted by Gasteiger charge is -2.06. The lowest BCUT2D eigenvalue weighted by atomic mass is 10.3. The summed E-state index contributed by atoms with van der Waals surface area (Å²) in [7, 11) is 0. The Morgan fingerprint density at radius 2 is 2.00 bits per heavy atom. The standard InChI is InChI=1S/C5H10Cl3OP/c1-2-3-5(6)4-10(7,8)9/h5H,2-4H2,1H3. The lowest BCUT2D eigenvalue weighted by Crippen LogP contribution is -2.01. The van der Waals surface area contributed by atoms with Crippen LogP contribution in [0.4, 0.5) is 0 Å². The van der Waals surface area contributed by atoms with E-state index in [0.29, 0.717) is 0 Å². The Bertz CT molecular complexity index is 133. The van der Waals surface area contributed by atoms with Crippen molar-refractivity contribution >= 4 is 39.9 Å². The Hall–Kier alpha value is 1.10. The van der Waals surface area contributed by atoms with Crippen LogP contribution >= 0.6 is 39.9 Å². The second-order valence-corrected chi connectivity index (χ2v) is 8.06. The summed E-state index contributed by atoms with van der Waals surface area (Å²) in [4.78, 5) is 0. The molecule has 1 unspecified atom stereocenters. The van der Waals surface area contributed by atoms with Crippen molar-refractivity contribution in [2.45, 2.75) is 25.1 Å². The molecular weight excluding hydrogens is 213 g/mol. The Balaban J connectivity index is 3.58. The van der Waals surface area contributed by atoms with Gasteiger partial charge < -0.3 is 0 Å². The number of halogens is 3.